The molecule has 0 radical (unpaired) electrons. The van der Waals surface area contributed by atoms with Crippen molar-refractivity contribution in [2.24, 2.45) is 0 Å². The number of nitrogens with one attached hydrogen (secondary N) is 1. The van der Waals surface area contributed by atoms with Gasteiger partial charge in [0, 0.05) is 24.9 Å². The number of amides is 2. The van der Waals surface area contributed by atoms with E-state index in [1.54, 1.807) is 29.2 Å². The van der Waals surface area contributed by atoms with E-state index in [1.807, 2.05) is 7.05 Å². The van der Waals surface area contributed by atoms with Crippen LogP contribution in [0, 0.1) is 0 Å². The SMILES string of the molecule is CN(C(=O)Nc1ccc(/C=C/C(=O)O)cc1)C1CCC1. The fourth-order valence-corrected chi connectivity index (χ4v) is 2.00. The number of carbonyl (C=O) groups is 2. The average molecular weight is 274 g/mol. The molecule has 1 aliphatic rings. The van der Waals surface area contributed by atoms with Gasteiger partial charge in [0.1, 0.15) is 0 Å². The van der Waals surface area contributed by atoms with Crippen LogP contribution in [0.1, 0.15) is 24.8 Å². The molecule has 2 rings (SSSR count). The van der Waals surface area contributed by atoms with Crippen molar-refractivity contribution < 1.29 is 14.7 Å². The molecule has 0 spiro atoms. The van der Waals surface area contributed by atoms with Crippen molar-refractivity contribution in [3.05, 3.63) is 35.9 Å². The number of hydrogen-bond acceptors (Lipinski definition) is 2. The molecule has 0 unspecified atom stereocenters. The lowest BCUT2D eigenvalue weighted by molar-refractivity contribution is -0.131. The highest BCUT2D eigenvalue weighted by Gasteiger charge is 2.25. The zero-order chi connectivity index (χ0) is 14.5. The molecule has 1 aromatic carbocycles. The minimum absolute atomic E-state index is 0.108. The highest BCUT2D eigenvalue weighted by Crippen LogP contribution is 2.24. The zero-order valence-corrected chi connectivity index (χ0v) is 11.4. The van der Waals surface area contributed by atoms with Crippen LogP contribution in [-0.2, 0) is 4.79 Å². The second-order valence-electron chi connectivity index (χ2n) is 4.92. The number of aliphatic carboxylic acids is 1. The number of carboxylic acid groups (broad SMARTS) is 1. The molecule has 5 heteroatoms. The summed E-state index contributed by atoms with van der Waals surface area (Å²) < 4.78 is 0. The highest BCUT2D eigenvalue weighted by molar-refractivity contribution is 5.90. The van der Waals surface area contributed by atoms with Crippen molar-refractivity contribution in [3.63, 3.8) is 0 Å². The summed E-state index contributed by atoms with van der Waals surface area (Å²) in [6.45, 7) is 0. The molecule has 1 aromatic rings. The second kappa shape index (κ2) is 6.23. The molecule has 2 N–H and O–H groups in total. The van der Waals surface area contributed by atoms with Crippen LogP contribution in [0.4, 0.5) is 10.5 Å². The monoisotopic (exact) mass is 274 g/mol. The van der Waals surface area contributed by atoms with Gasteiger partial charge in [-0.2, -0.15) is 0 Å². The summed E-state index contributed by atoms with van der Waals surface area (Å²) in [5.41, 5.74) is 1.48. The lowest BCUT2D eigenvalue weighted by Crippen LogP contribution is -2.43. The molecule has 2 amide bonds. The first-order chi connectivity index (χ1) is 9.56. The molecule has 0 atom stereocenters. The molecular formula is C15H18N2O3. The summed E-state index contributed by atoms with van der Waals surface area (Å²) in [5.74, 6) is -0.982. The van der Waals surface area contributed by atoms with Crippen LogP contribution >= 0.6 is 0 Å². The van der Waals surface area contributed by atoms with Crippen LogP contribution < -0.4 is 5.32 Å². The van der Waals surface area contributed by atoms with E-state index in [0.29, 0.717) is 11.7 Å². The van der Waals surface area contributed by atoms with Crippen molar-refractivity contribution in [1.82, 2.24) is 4.90 Å². The topological polar surface area (TPSA) is 69.6 Å². The van der Waals surface area contributed by atoms with Crippen LogP contribution in [0.25, 0.3) is 6.08 Å². The number of nitrogens with zero attached hydrogens (tertiary/aromatic N) is 1. The van der Waals surface area contributed by atoms with E-state index < -0.39 is 5.97 Å². The number of urea groups is 1. The summed E-state index contributed by atoms with van der Waals surface area (Å²) in [6.07, 6.45) is 5.92. The van der Waals surface area contributed by atoms with Gasteiger partial charge in [0.25, 0.3) is 0 Å². The number of benzene rings is 1. The summed E-state index contributed by atoms with van der Waals surface area (Å²) in [6, 6.07) is 7.29. The fourth-order valence-electron chi connectivity index (χ4n) is 2.00. The van der Waals surface area contributed by atoms with Gasteiger partial charge in [0.2, 0.25) is 0 Å². The molecule has 1 saturated carbocycles. The number of hydrogen-bond donors (Lipinski definition) is 2. The van der Waals surface area contributed by atoms with Gasteiger partial charge < -0.3 is 15.3 Å². The Hall–Kier alpha value is -2.30. The standard InChI is InChI=1S/C15H18N2O3/c1-17(13-3-2-4-13)15(20)16-12-8-5-11(6-9-12)7-10-14(18)19/h5-10,13H,2-4H2,1H3,(H,16,20)(H,18,19)/b10-7+. The molecule has 0 saturated heterocycles. The predicted octanol–water partition coefficient (Wildman–Crippen LogP) is 2.80. The van der Waals surface area contributed by atoms with E-state index in [1.165, 1.54) is 12.5 Å². The summed E-state index contributed by atoms with van der Waals surface area (Å²) in [4.78, 5) is 24.1. The van der Waals surface area contributed by atoms with E-state index in [9.17, 15) is 9.59 Å². The Morgan fingerprint density at radius 2 is 1.95 bits per heavy atom. The minimum atomic E-state index is -0.982. The first-order valence-corrected chi connectivity index (χ1v) is 6.61. The van der Waals surface area contributed by atoms with Crippen LogP contribution in [0.3, 0.4) is 0 Å². The summed E-state index contributed by atoms with van der Waals surface area (Å²) >= 11 is 0. The minimum Gasteiger partial charge on any atom is -0.478 e. The van der Waals surface area contributed by atoms with E-state index in [-0.39, 0.29) is 6.03 Å². The van der Waals surface area contributed by atoms with Gasteiger partial charge in [0.15, 0.2) is 0 Å². The number of anilines is 1. The predicted molar refractivity (Wildman–Crippen MR) is 77.5 cm³/mol. The Kier molecular flexibility index (Phi) is 4.40. The van der Waals surface area contributed by atoms with Crippen LogP contribution in [0.2, 0.25) is 0 Å². The third-order valence-corrected chi connectivity index (χ3v) is 3.52. The maximum absolute atomic E-state index is 12.0. The first kappa shape index (κ1) is 14.1. The Morgan fingerprint density at radius 1 is 1.30 bits per heavy atom. The van der Waals surface area contributed by atoms with E-state index >= 15 is 0 Å². The van der Waals surface area contributed by atoms with Crippen molar-refractivity contribution in [3.8, 4) is 0 Å². The van der Waals surface area contributed by atoms with Gasteiger partial charge in [-0.05, 0) is 43.0 Å². The highest BCUT2D eigenvalue weighted by atomic mass is 16.4. The average Bonchev–Trinajstić information content (AvgIpc) is 2.35. The number of carboxylic acids is 1. The lowest BCUT2D eigenvalue weighted by Gasteiger charge is -2.34. The molecule has 1 fully saturated rings. The molecule has 20 heavy (non-hydrogen) atoms. The Labute approximate surface area is 117 Å². The molecule has 0 bridgehead atoms. The molecule has 1 aliphatic carbocycles. The van der Waals surface area contributed by atoms with Gasteiger partial charge in [-0.1, -0.05) is 12.1 Å². The molecule has 0 aromatic heterocycles. The van der Waals surface area contributed by atoms with E-state index in [4.69, 9.17) is 5.11 Å². The molecule has 5 nitrogen and oxygen atoms in total. The normalized spacial score (nSPS) is 14.8. The third-order valence-electron chi connectivity index (χ3n) is 3.52. The molecule has 0 aliphatic heterocycles. The van der Waals surface area contributed by atoms with E-state index in [2.05, 4.69) is 5.32 Å². The smallest absolute Gasteiger partial charge is 0.328 e. The fraction of sp³-hybridized carbons (Fsp3) is 0.333. The number of rotatable bonds is 4. The summed E-state index contributed by atoms with van der Waals surface area (Å²) in [7, 11) is 1.81. The number of carbonyl (C=O) groups excluding carboxylic acids is 1. The quantitative estimate of drug-likeness (QED) is 0.829. The molecular weight excluding hydrogens is 256 g/mol. The molecule has 106 valence electrons. The Morgan fingerprint density at radius 3 is 2.45 bits per heavy atom. The second-order valence-corrected chi connectivity index (χ2v) is 4.92. The third kappa shape index (κ3) is 3.60. The van der Waals surface area contributed by atoms with Crippen molar-refractivity contribution in [2.75, 3.05) is 12.4 Å². The van der Waals surface area contributed by atoms with Crippen LogP contribution in [0.15, 0.2) is 30.3 Å². The summed E-state index contributed by atoms with van der Waals surface area (Å²) in [5, 5.41) is 11.4. The molecule has 0 heterocycles. The largest absolute Gasteiger partial charge is 0.478 e. The maximum Gasteiger partial charge on any atom is 0.328 e. The van der Waals surface area contributed by atoms with Crippen molar-refractivity contribution in [1.29, 1.82) is 0 Å². The van der Waals surface area contributed by atoms with Gasteiger partial charge in [-0.15, -0.1) is 0 Å². The van der Waals surface area contributed by atoms with Gasteiger partial charge in [-0.25, -0.2) is 9.59 Å². The van der Waals surface area contributed by atoms with Crippen LogP contribution in [0.5, 0.6) is 0 Å². The Bertz CT molecular complexity index is 518. The van der Waals surface area contributed by atoms with Crippen molar-refractivity contribution in [2.45, 2.75) is 25.3 Å². The van der Waals surface area contributed by atoms with Gasteiger partial charge >= 0.3 is 12.0 Å². The Balaban J connectivity index is 1.92. The van der Waals surface area contributed by atoms with E-state index in [0.717, 1.165) is 24.5 Å². The van der Waals surface area contributed by atoms with Gasteiger partial charge in [-0.3, -0.25) is 0 Å². The first-order valence-electron chi connectivity index (χ1n) is 6.61. The van der Waals surface area contributed by atoms with Crippen molar-refractivity contribution >= 4 is 23.8 Å². The lowest BCUT2D eigenvalue weighted by atomic mass is 9.92. The van der Waals surface area contributed by atoms with Crippen LogP contribution in [-0.4, -0.2) is 35.1 Å². The maximum atomic E-state index is 12.0. The van der Waals surface area contributed by atoms with Gasteiger partial charge in [0.05, 0.1) is 0 Å². The zero-order valence-electron chi connectivity index (χ0n) is 11.4.